The summed E-state index contributed by atoms with van der Waals surface area (Å²) in [5.41, 5.74) is 1.41. The Hall–Kier alpha value is -1.31. The van der Waals surface area contributed by atoms with E-state index >= 15 is 0 Å². The van der Waals surface area contributed by atoms with Crippen LogP contribution < -0.4 is 0 Å². The van der Waals surface area contributed by atoms with Crippen LogP contribution in [0.2, 0.25) is 0 Å². The van der Waals surface area contributed by atoms with Gasteiger partial charge in [0.2, 0.25) is 0 Å². The molecule has 17 heavy (non-hydrogen) atoms. The van der Waals surface area contributed by atoms with E-state index in [1.165, 1.54) is 24.8 Å². The minimum atomic E-state index is 0.651. The van der Waals surface area contributed by atoms with E-state index in [2.05, 4.69) is 23.2 Å². The summed E-state index contributed by atoms with van der Waals surface area (Å²) in [7, 11) is 1.72. The monoisotopic (exact) mass is 229 g/mol. The van der Waals surface area contributed by atoms with Crippen LogP contribution in [0.4, 0.5) is 0 Å². The van der Waals surface area contributed by atoms with Gasteiger partial charge in [0.1, 0.15) is 0 Å². The van der Waals surface area contributed by atoms with Crippen LogP contribution in [0.1, 0.15) is 30.7 Å². The Morgan fingerprint density at radius 3 is 3.00 bits per heavy atom. The smallest absolute Gasteiger partial charge is 0.0787 e. The van der Waals surface area contributed by atoms with Crippen molar-refractivity contribution < 1.29 is 4.74 Å². The zero-order valence-corrected chi connectivity index (χ0v) is 10.3. The maximum absolute atomic E-state index is 5.10. The van der Waals surface area contributed by atoms with Gasteiger partial charge in [0.15, 0.2) is 0 Å². The third-order valence-electron chi connectivity index (χ3n) is 4.49. The number of hydrogen-bond acceptors (Lipinski definition) is 2. The summed E-state index contributed by atoms with van der Waals surface area (Å²) in [6.07, 6.45) is 12.2. The van der Waals surface area contributed by atoms with E-state index < -0.39 is 0 Å². The first kappa shape index (κ1) is 10.8. The lowest BCUT2D eigenvalue weighted by Gasteiger charge is -2.28. The number of ether oxygens (including phenoxy) is 1. The number of allylic oxidation sites excluding steroid dienone is 1. The van der Waals surface area contributed by atoms with E-state index in [-0.39, 0.29) is 0 Å². The number of rotatable bonds is 3. The highest BCUT2D eigenvalue weighted by atomic mass is 16.5. The Labute approximate surface area is 103 Å². The van der Waals surface area contributed by atoms with E-state index in [0.717, 1.165) is 11.8 Å². The second kappa shape index (κ2) is 4.52. The van der Waals surface area contributed by atoms with Gasteiger partial charge in [-0.05, 0) is 60.6 Å². The third kappa shape index (κ3) is 1.86. The van der Waals surface area contributed by atoms with Crippen LogP contribution in [0.5, 0.6) is 0 Å². The van der Waals surface area contributed by atoms with Gasteiger partial charge in [-0.3, -0.25) is 4.98 Å². The highest BCUT2D eigenvalue weighted by Gasteiger charge is 2.46. The largest absolute Gasteiger partial charge is 0.505 e. The number of pyridine rings is 1. The quantitative estimate of drug-likeness (QED) is 0.741. The molecule has 1 aromatic rings. The molecule has 2 heteroatoms. The summed E-state index contributed by atoms with van der Waals surface area (Å²) in [5.74, 6) is 3.03. The molecule has 0 radical (unpaired) electrons. The molecule has 2 nitrogen and oxygen atoms in total. The molecule has 2 saturated carbocycles. The fourth-order valence-electron chi connectivity index (χ4n) is 3.85. The minimum Gasteiger partial charge on any atom is -0.505 e. The van der Waals surface area contributed by atoms with Gasteiger partial charge in [-0.1, -0.05) is 6.07 Å². The first-order valence-corrected chi connectivity index (χ1v) is 6.49. The van der Waals surface area contributed by atoms with Crippen LogP contribution in [0, 0.1) is 17.8 Å². The molecule has 1 aromatic heterocycles. The van der Waals surface area contributed by atoms with Crippen molar-refractivity contribution in [2.75, 3.05) is 7.11 Å². The molecule has 1 heterocycles. The lowest BCUT2D eigenvalue weighted by atomic mass is 9.76. The van der Waals surface area contributed by atoms with Gasteiger partial charge in [0.05, 0.1) is 13.4 Å². The Kier molecular flexibility index (Phi) is 2.87. The molecule has 0 N–H and O–H groups in total. The summed E-state index contributed by atoms with van der Waals surface area (Å²) in [4.78, 5) is 4.27. The number of nitrogens with zero attached hydrogens (tertiary/aromatic N) is 1. The van der Waals surface area contributed by atoms with E-state index in [0.29, 0.717) is 11.8 Å². The summed E-state index contributed by atoms with van der Waals surface area (Å²) < 4.78 is 5.10. The van der Waals surface area contributed by atoms with Crippen molar-refractivity contribution in [1.29, 1.82) is 0 Å². The predicted octanol–water partition coefficient (Wildman–Crippen LogP) is 3.37. The van der Waals surface area contributed by atoms with Crippen LogP contribution in [-0.4, -0.2) is 12.1 Å². The average molecular weight is 229 g/mol. The number of aromatic nitrogens is 1. The lowest BCUT2D eigenvalue weighted by molar-refractivity contribution is 0.309. The van der Waals surface area contributed by atoms with Crippen LogP contribution in [0.3, 0.4) is 0 Å². The summed E-state index contributed by atoms with van der Waals surface area (Å²) in [6.45, 7) is 0. The van der Waals surface area contributed by atoms with Crippen molar-refractivity contribution >= 4 is 0 Å². The molecule has 90 valence electrons. The van der Waals surface area contributed by atoms with Crippen molar-refractivity contribution in [2.24, 2.45) is 17.8 Å². The summed E-state index contributed by atoms with van der Waals surface area (Å²) >= 11 is 0. The van der Waals surface area contributed by atoms with Gasteiger partial charge in [-0.15, -0.1) is 0 Å². The number of methoxy groups -OCH3 is 1. The molecule has 0 saturated heterocycles. The van der Waals surface area contributed by atoms with Gasteiger partial charge in [0, 0.05) is 12.4 Å². The van der Waals surface area contributed by atoms with Crippen LogP contribution >= 0.6 is 0 Å². The van der Waals surface area contributed by atoms with E-state index in [1.807, 2.05) is 18.7 Å². The number of hydrogen-bond donors (Lipinski definition) is 0. The van der Waals surface area contributed by atoms with Gasteiger partial charge < -0.3 is 4.74 Å². The molecule has 2 bridgehead atoms. The molecule has 0 unspecified atom stereocenters. The van der Waals surface area contributed by atoms with Gasteiger partial charge in [-0.2, -0.15) is 0 Å². The minimum absolute atomic E-state index is 0.651. The Bertz CT molecular complexity index is 401. The predicted molar refractivity (Wildman–Crippen MR) is 67.4 cm³/mol. The molecular weight excluding hydrogens is 210 g/mol. The van der Waals surface area contributed by atoms with E-state index in [4.69, 9.17) is 4.74 Å². The van der Waals surface area contributed by atoms with Crippen LogP contribution in [-0.2, 0) is 4.74 Å². The molecule has 4 atom stereocenters. The second-order valence-corrected chi connectivity index (χ2v) is 5.29. The van der Waals surface area contributed by atoms with Gasteiger partial charge in [-0.25, -0.2) is 0 Å². The fourth-order valence-corrected chi connectivity index (χ4v) is 3.85. The Morgan fingerprint density at radius 2 is 2.24 bits per heavy atom. The lowest BCUT2D eigenvalue weighted by Crippen LogP contribution is -2.19. The molecule has 0 aliphatic heterocycles. The molecular formula is C15H19NO. The first-order chi connectivity index (χ1) is 8.40. The fraction of sp³-hybridized carbons (Fsp3) is 0.533. The Balaban J connectivity index is 1.89. The molecule has 2 fully saturated rings. The van der Waals surface area contributed by atoms with Crippen LogP contribution in [0.15, 0.2) is 36.9 Å². The molecule has 3 rings (SSSR count). The maximum Gasteiger partial charge on any atom is 0.0787 e. The normalized spacial score (nSPS) is 35.6. The van der Waals surface area contributed by atoms with Crippen molar-refractivity contribution in [3.05, 3.63) is 42.4 Å². The molecule has 2 aliphatic rings. The summed E-state index contributed by atoms with van der Waals surface area (Å²) in [5, 5.41) is 0. The first-order valence-electron chi connectivity index (χ1n) is 6.49. The zero-order chi connectivity index (χ0) is 11.7. The molecule has 0 amide bonds. The van der Waals surface area contributed by atoms with Gasteiger partial charge >= 0.3 is 0 Å². The van der Waals surface area contributed by atoms with Crippen molar-refractivity contribution in [3.8, 4) is 0 Å². The highest BCUT2D eigenvalue weighted by Crippen LogP contribution is 2.56. The zero-order valence-electron chi connectivity index (χ0n) is 10.3. The standard InChI is InChI=1S/C15H19NO/c1-17-8-6-14-11-4-5-12(9-11)15(14)13-3-2-7-16-10-13/h2-3,6-8,10-12,14-15H,4-5,9H2,1H3/b8-6+/t11-,12+,14+,15-/m0/s1. The highest BCUT2D eigenvalue weighted by molar-refractivity contribution is 5.23. The van der Waals surface area contributed by atoms with Crippen molar-refractivity contribution in [1.82, 2.24) is 4.98 Å². The third-order valence-corrected chi connectivity index (χ3v) is 4.49. The maximum atomic E-state index is 5.10. The van der Waals surface area contributed by atoms with E-state index in [9.17, 15) is 0 Å². The van der Waals surface area contributed by atoms with Crippen LogP contribution in [0.25, 0.3) is 0 Å². The number of fused-ring (bicyclic) bond motifs is 2. The average Bonchev–Trinajstić information content (AvgIpc) is 2.97. The van der Waals surface area contributed by atoms with Crippen molar-refractivity contribution in [2.45, 2.75) is 25.2 Å². The molecule has 2 aliphatic carbocycles. The van der Waals surface area contributed by atoms with E-state index in [1.54, 1.807) is 7.11 Å². The van der Waals surface area contributed by atoms with Gasteiger partial charge in [0.25, 0.3) is 0 Å². The second-order valence-electron chi connectivity index (χ2n) is 5.29. The summed E-state index contributed by atoms with van der Waals surface area (Å²) in [6, 6.07) is 4.28. The topological polar surface area (TPSA) is 22.1 Å². The molecule has 0 spiro atoms. The van der Waals surface area contributed by atoms with Crippen molar-refractivity contribution in [3.63, 3.8) is 0 Å². The Morgan fingerprint density at radius 1 is 1.35 bits per heavy atom. The molecule has 0 aromatic carbocycles. The SMILES string of the molecule is CO/C=C/[C@@H]1[C@H]2CC[C@H](C2)[C@H]1c1cccnc1.